The van der Waals surface area contributed by atoms with Crippen LogP contribution < -0.4 is 5.73 Å². The molecule has 0 aromatic heterocycles. The molecule has 1 amide bonds. The molecule has 20 heavy (non-hydrogen) atoms. The molecule has 2 aliphatic heterocycles. The number of hydrogen-bond acceptors (Lipinski definition) is 3. The minimum Gasteiger partial charge on any atom is -0.370 e. The molecule has 2 N–H and O–H groups in total. The van der Waals surface area contributed by atoms with Crippen molar-refractivity contribution in [1.29, 1.82) is 0 Å². The molecule has 2 atom stereocenters. The largest absolute Gasteiger partial charge is 0.370 e. The van der Waals surface area contributed by atoms with Crippen LogP contribution in [0.2, 0.25) is 0 Å². The fraction of sp³-hybridized carbons (Fsp3) is 0.857. The van der Waals surface area contributed by atoms with Gasteiger partial charge in [-0.2, -0.15) is 0 Å². The van der Waals surface area contributed by atoms with E-state index in [-0.39, 0.29) is 18.1 Å². The van der Waals surface area contributed by atoms with E-state index in [1.807, 2.05) is 0 Å². The van der Waals surface area contributed by atoms with E-state index < -0.39 is 0 Å². The summed E-state index contributed by atoms with van der Waals surface area (Å²) >= 11 is 0. The zero-order valence-corrected chi connectivity index (χ0v) is 12.5. The second-order valence-corrected chi connectivity index (χ2v) is 5.80. The molecule has 2 unspecified atom stereocenters. The van der Waals surface area contributed by atoms with Gasteiger partial charge in [-0.3, -0.25) is 9.79 Å². The van der Waals surface area contributed by atoms with Gasteiger partial charge >= 0.3 is 0 Å². The van der Waals surface area contributed by atoms with E-state index in [1.54, 1.807) is 19.0 Å². The Labute approximate surface area is 121 Å². The van der Waals surface area contributed by atoms with Crippen LogP contribution in [0.4, 0.5) is 0 Å². The van der Waals surface area contributed by atoms with Gasteiger partial charge < -0.3 is 20.3 Å². The van der Waals surface area contributed by atoms with Crippen molar-refractivity contribution in [1.82, 2.24) is 9.80 Å². The highest BCUT2D eigenvalue weighted by Crippen LogP contribution is 2.21. The number of likely N-dealkylation sites (N-methyl/N-ethyl adjacent to an activating group) is 1. The molecule has 2 aliphatic rings. The predicted octanol–water partition coefficient (Wildman–Crippen LogP) is 0.423. The van der Waals surface area contributed by atoms with Crippen molar-refractivity contribution < 1.29 is 9.53 Å². The van der Waals surface area contributed by atoms with E-state index in [0.29, 0.717) is 12.5 Å². The van der Waals surface area contributed by atoms with Gasteiger partial charge in [0.1, 0.15) is 6.10 Å². The fourth-order valence-electron chi connectivity index (χ4n) is 2.73. The lowest BCUT2D eigenvalue weighted by Gasteiger charge is -2.27. The van der Waals surface area contributed by atoms with Gasteiger partial charge in [0.2, 0.25) is 0 Å². The number of hydrogen-bond donors (Lipinski definition) is 1. The molecule has 0 aliphatic carbocycles. The highest BCUT2D eigenvalue weighted by Gasteiger charge is 2.31. The summed E-state index contributed by atoms with van der Waals surface area (Å²) in [6.07, 6.45) is 5.03. The van der Waals surface area contributed by atoms with Crippen molar-refractivity contribution in [3.8, 4) is 0 Å². The van der Waals surface area contributed by atoms with Crippen LogP contribution >= 0.6 is 0 Å². The molecule has 0 aromatic carbocycles. The Bertz CT molecular complexity index is 364. The summed E-state index contributed by atoms with van der Waals surface area (Å²) in [7, 11) is 3.51. The first-order valence-electron chi connectivity index (χ1n) is 7.49. The van der Waals surface area contributed by atoms with Gasteiger partial charge in [0.25, 0.3) is 5.91 Å². The second kappa shape index (κ2) is 6.92. The normalized spacial score (nSPS) is 27.7. The molecular formula is C14H26N4O2. The number of carbonyl (C=O) groups excluding carboxylic acids is 1. The smallest absolute Gasteiger partial charge is 0.251 e. The number of ether oxygens (including phenoxy) is 1. The molecule has 2 heterocycles. The fourth-order valence-corrected chi connectivity index (χ4v) is 2.73. The molecule has 0 aromatic rings. The minimum atomic E-state index is -0.304. The Balaban J connectivity index is 1.78. The number of nitrogens with two attached hydrogens (primary N) is 1. The van der Waals surface area contributed by atoms with Crippen LogP contribution in [0.15, 0.2) is 4.99 Å². The summed E-state index contributed by atoms with van der Waals surface area (Å²) in [5.41, 5.74) is 6.01. The lowest BCUT2D eigenvalue weighted by Crippen LogP contribution is -2.41. The van der Waals surface area contributed by atoms with Crippen LogP contribution in [0.25, 0.3) is 0 Å². The van der Waals surface area contributed by atoms with Crippen LogP contribution in [-0.4, -0.2) is 67.6 Å². The number of likely N-dealkylation sites (tertiary alicyclic amines) is 1. The number of rotatable bonds is 3. The third-order valence-electron chi connectivity index (χ3n) is 3.96. The van der Waals surface area contributed by atoms with Gasteiger partial charge in [0.05, 0.1) is 12.6 Å². The maximum Gasteiger partial charge on any atom is 0.251 e. The van der Waals surface area contributed by atoms with E-state index in [1.165, 1.54) is 19.3 Å². The number of amides is 1. The summed E-state index contributed by atoms with van der Waals surface area (Å²) < 4.78 is 5.75. The van der Waals surface area contributed by atoms with Crippen LogP contribution in [0.5, 0.6) is 0 Å². The van der Waals surface area contributed by atoms with Crippen molar-refractivity contribution >= 4 is 11.9 Å². The maximum atomic E-state index is 11.8. The number of aliphatic imine (C=N–C) groups is 1. The number of nitrogens with zero attached hydrogens (tertiary/aromatic N) is 3. The average molecular weight is 282 g/mol. The molecule has 2 fully saturated rings. The number of carbonyl (C=O) groups is 1. The molecule has 0 spiro atoms. The number of piperidine rings is 1. The van der Waals surface area contributed by atoms with E-state index in [0.717, 1.165) is 25.9 Å². The highest BCUT2D eigenvalue weighted by molar-refractivity contribution is 5.80. The lowest BCUT2D eigenvalue weighted by molar-refractivity contribution is -0.140. The SMILES string of the molecule is CN(C)C(=O)C1CCC(CN=C(N)N2CCCCC2)O1. The van der Waals surface area contributed by atoms with Gasteiger partial charge in [-0.15, -0.1) is 0 Å². The summed E-state index contributed by atoms with van der Waals surface area (Å²) in [5.74, 6) is 0.663. The van der Waals surface area contributed by atoms with Crippen LogP contribution in [0.3, 0.4) is 0 Å². The second-order valence-electron chi connectivity index (χ2n) is 5.80. The Morgan fingerprint density at radius 1 is 1.30 bits per heavy atom. The quantitative estimate of drug-likeness (QED) is 0.601. The van der Waals surface area contributed by atoms with E-state index >= 15 is 0 Å². The molecule has 6 nitrogen and oxygen atoms in total. The highest BCUT2D eigenvalue weighted by atomic mass is 16.5. The summed E-state index contributed by atoms with van der Waals surface area (Å²) in [6, 6.07) is 0. The monoisotopic (exact) mass is 282 g/mol. The zero-order chi connectivity index (χ0) is 14.5. The van der Waals surface area contributed by atoms with Crippen molar-refractivity contribution in [2.24, 2.45) is 10.7 Å². The molecule has 2 rings (SSSR count). The van der Waals surface area contributed by atoms with Gasteiger partial charge in [0.15, 0.2) is 5.96 Å². The van der Waals surface area contributed by atoms with Gasteiger partial charge in [-0.05, 0) is 32.1 Å². The molecule has 114 valence electrons. The Morgan fingerprint density at radius 2 is 2.00 bits per heavy atom. The van der Waals surface area contributed by atoms with Crippen LogP contribution in [-0.2, 0) is 9.53 Å². The van der Waals surface area contributed by atoms with Gasteiger partial charge in [0, 0.05) is 27.2 Å². The van der Waals surface area contributed by atoms with Crippen molar-refractivity contribution in [3.63, 3.8) is 0 Å². The van der Waals surface area contributed by atoms with Crippen LogP contribution in [0, 0.1) is 0 Å². The molecule has 2 saturated heterocycles. The summed E-state index contributed by atoms with van der Waals surface area (Å²) in [6.45, 7) is 2.56. The summed E-state index contributed by atoms with van der Waals surface area (Å²) in [5, 5.41) is 0. The molecule has 0 bridgehead atoms. The minimum absolute atomic E-state index is 0.0206. The van der Waals surface area contributed by atoms with E-state index in [9.17, 15) is 4.79 Å². The average Bonchev–Trinajstić information content (AvgIpc) is 2.93. The first-order valence-corrected chi connectivity index (χ1v) is 7.49. The van der Waals surface area contributed by atoms with Gasteiger partial charge in [-0.25, -0.2) is 0 Å². The first kappa shape index (κ1) is 15.1. The Hall–Kier alpha value is -1.30. The standard InChI is InChI=1S/C14H26N4O2/c1-17(2)13(19)12-7-6-11(20-12)10-16-14(15)18-8-4-3-5-9-18/h11-12H,3-10H2,1-2H3,(H2,15,16). The third kappa shape index (κ3) is 3.85. The molecule has 6 heteroatoms. The maximum absolute atomic E-state index is 11.8. The van der Waals surface area contributed by atoms with Crippen LogP contribution in [0.1, 0.15) is 32.1 Å². The summed E-state index contributed by atoms with van der Waals surface area (Å²) in [4.78, 5) is 20.0. The van der Waals surface area contributed by atoms with E-state index in [2.05, 4.69) is 9.89 Å². The molecule has 0 saturated carbocycles. The lowest BCUT2D eigenvalue weighted by atomic mass is 10.1. The van der Waals surface area contributed by atoms with Crippen molar-refractivity contribution in [3.05, 3.63) is 0 Å². The Kier molecular flexibility index (Phi) is 5.23. The van der Waals surface area contributed by atoms with Gasteiger partial charge in [-0.1, -0.05) is 0 Å². The van der Waals surface area contributed by atoms with E-state index in [4.69, 9.17) is 10.5 Å². The topological polar surface area (TPSA) is 71.2 Å². The molecular weight excluding hydrogens is 256 g/mol. The Morgan fingerprint density at radius 3 is 2.65 bits per heavy atom. The predicted molar refractivity (Wildman–Crippen MR) is 78.5 cm³/mol. The van der Waals surface area contributed by atoms with Crippen molar-refractivity contribution in [2.75, 3.05) is 33.7 Å². The first-order chi connectivity index (χ1) is 9.58. The molecule has 0 radical (unpaired) electrons. The van der Waals surface area contributed by atoms with Crippen molar-refractivity contribution in [2.45, 2.75) is 44.3 Å². The third-order valence-corrected chi connectivity index (χ3v) is 3.96. The zero-order valence-electron chi connectivity index (χ0n) is 12.5. The number of guanidine groups is 1.